The zero-order valence-corrected chi connectivity index (χ0v) is 11.0. The molecule has 104 valence electrons. The van der Waals surface area contributed by atoms with Gasteiger partial charge in [-0.15, -0.1) is 0 Å². The van der Waals surface area contributed by atoms with Crippen LogP contribution in [0.15, 0.2) is 18.2 Å². The summed E-state index contributed by atoms with van der Waals surface area (Å²) in [4.78, 5) is 23.7. The smallest absolute Gasteiger partial charge is 0.287 e. The number of carbonyl (C=O) groups is 1. The number of amides is 1. The van der Waals surface area contributed by atoms with E-state index < -0.39 is 11.0 Å². The largest absolute Gasteiger partial charge is 0.360 e. The van der Waals surface area contributed by atoms with Crippen molar-refractivity contribution in [3.63, 3.8) is 0 Å². The first-order valence-electron chi connectivity index (χ1n) is 5.77. The summed E-state index contributed by atoms with van der Waals surface area (Å²) in [7, 11) is 0. The molecule has 1 heterocycles. The Hall–Kier alpha value is -2.17. The van der Waals surface area contributed by atoms with Crippen LogP contribution in [-0.2, 0) is 4.74 Å². The number of nitrogens with zero attached hydrogens (tertiary/aromatic N) is 3. The normalized spacial score (nSPS) is 18.4. The first-order valence-corrected chi connectivity index (χ1v) is 6.15. The first-order chi connectivity index (χ1) is 9.52. The third kappa shape index (κ3) is 2.87. The van der Waals surface area contributed by atoms with Crippen molar-refractivity contribution >= 4 is 23.2 Å². The average molecular weight is 296 g/mol. The molecule has 0 radical (unpaired) electrons. The number of nitriles is 1. The van der Waals surface area contributed by atoms with Crippen LogP contribution in [0.3, 0.4) is 0 Å². The van der Waals surface area contributed by atoms with Gasteiger partial charge in [-0.1, -0.05) is 11.6 Å². The fraction of sp³-hybridized carbons (Fsp3) is 0.333. The second-order valence-electron chi connectivity index (χ2n) is 4.16. The van der Waals surface area contributed by atoms with E-state index in [0.29, 0.717) is 6.54 Å². The number of nitro benzene ring substituents is 1. The van der Waals surface area contributed by atoms with E-state index in [1.807, 2.05) is 6.07 Å². The average Bonchev–Trinajstić information content (AvgIpc) is 2.46. The number of carbonyl (C=O) groups excluding carboxylic acids is 1. The molecular formula is C12H10ClN3O4. The van der Waals surface area contributed by atoms with Gasteiger partial charge >= 0.3 is 0 Å². The zero-order chi connectivity index (χ0) is 14.7. The fourth-order valence-corrected chi connectivity index (χ4v) is 2.13. The van der Waals surface area contributed by atoms with E-state index in [0.717, 1.165) is 0 Å². The Morgan fingerprint density at radius 1 is 1.60 bits per heavy atom. The highest BCUT2D eigenvalue weighted by Crippen LogP contribution is 2.25. The van der Waals surface area contributed by atoms with Crippen molar-refractivity contribution in [1.82, 2.24) is 4.90 Å². The van der Waals surface area contributed by atoms with Gasteiger partial charge in [0.05, 0.1) is 24.1 Å². The zero-order valence-electron chi connectivity index (χ0n) is 10.3. The van der Waals surface area contributed by atoms with Gasteiger partial charge in [0.25, 0.3) is 11.6 Å². The lowest BCUT2D eigenvalue weighted by molar-refractivity contribution is -0.384. The molecule has 2 rings (SSSR count). The molecule has 0 bridgehead atoms. The Balaban J connectivity index is 2.19. The van der Waals surface area contributed by atoms with E-state index in [1.54, 1.807) is 0 Å². The van der Waals surface area contributed by atoms with Crippen molar-refractivity contribution in [2.45, 2.75) is 6.10 Å². The summed E-state index contributed by atoms with van der Waals surface area (Å²) in [6.45, 7) is 0.820. The minimum atomic E-state index is -0.652. The number of morpholine rings is 1. The van der Waals surface area contributed by atoms with Gasteiger partial charge in [0, 0.05) is 18.2 Å². The predicted octanol–water partition coefficient (Wildman–Crippen LogP) is 1.61. The van der Waals surface area contributed by atoms with Gasteiger partial charge in [0.1, 0.15) is 5.02 Å². The van der Waals surface area contributed by atoms with Crippen molar-refractivity contribution in [3.8, 4) is 6.07 Å². The molecule has 0 aromatic heterocycles. The molecule has 8 heteroatoms. The molecule has 1 aromatic carbocycles. The van der Waals surface area contributed by atoms with Crippen molar-refractivity contribution in [3.05, 3.63) is 38.9 Å². The second-order valence-corrected chi connectivity index (χ2v) is 4.57. The van der Waals surface area contributed by atoms with Crippen LogP contribution in [0.1, 0.15) is 10.4 Å². The van der Waals surface area contributed by atoms with Crippen LogP contribution < -0.4 is 0 Å². The summed E-state index contributed by atoms with van der Waals surface area (Å²) in [5.74, 6) is -0.328. The Morgan fingerprint density at radius 2 is 2.35 bits per heavy atom. The summed E-state index contributed by atoms with van der Waals surface area (Å²) in [6, 6.07) is 5.75. The highest BCUT2D eigenvalue weighted by molar-refractivity contribution is 6.33. The number of halogens is 1. The fourth-order valence-electron chi connectivity index (χ4n) is 1.88. The Bertz CT molecular complexity index is 599. The van der Waals surface area contributed by atoms with Crippen LogP contribution in [0, 0.1) is 21.4 Å². The maximum atomic E-state index is 12.2. The molecule has 1 aromatic rings. The van der Waals surface area contributed by atoms with Gasteiger partial charge in [-0.05, 0) is 12.1 Å². The third-order valence-electron chi connectivity index (χ3n) is 2.89. The van der Waals surface area contributed by atoms with E-state index in [1.165, 1.54) is 23.1 Å². The van der Waals surface area contributed by atoms with Crippen molar-refractivity contribution in [2.75, 3.05) is 19.7 Å². The molecule has 1 saturated heterocycles. The van der Waals surface area contributed by atoms with Crippen molar-refractivity contribution in [1.29, 1.82) is 5.26 Å². The molecule has 20 heavy (non-hydrogen) atoms. The number of nitro groups is 1. The molecule has 1 atom stereocenters. The Labute approximate surface area is 119 Å². The molecule has 1 aliphatic rings. The van der Waals surface area contributed by atoms with E-state index in [2.05, 4.69) is 0 Å². The van der Waals surface area contributed by atoms with Crippen LogP contribution in [0.4, 0.5) is 5.69 Å². The minimum Gasteiger partial charge on any atom is -0.360 e. The van der Waals surface area contributed by atoms with Gasteiger partial charge < -0.3 is 9.64 Å². The SMILES string of the molecule is N#CC1CN(C(=O)c2ccc([N+](=O)[O-])c(Cl)c2)CCO1. The number of rotatable bonds is 2. The summed E-state index contributed by atoms with van der Waals surface area (Å²) in [6.07, 6.45) is -0.652. The van der Waals surface area contributed by atoms with E-state index in [-0.39, 0.29) is 35.3 Å². The first kappa shape index (κ1) is 14.2. The molecule has 1 unspecified atom stereocenters. The quantitative estimate of drug-likeness (QED) is 0.610. The number of benzene rings is 1. The Morgan fingerprint density at radius 3 is 2.95 bits per heavy atom. The maximum absolute atomic E-state index is 12.2. The van der Waals surface area contributed by atoms with Gasteiger partial charge in [0.2, 0.25) is 0 Å². The molecule has 0 N–H and O–H groups in total. The monoisotopic (exact) mass is 295 g/mol. The van der Waals surface area contributed by atoms with Crippen molar-refractivity contribution < 1.29 is 14.5 Å². The number of hydrogen-bond acceptors (Lipinski definition) is 5. The van der Waals surface area contributed by atoms with Crippen molar-refractivity contribution in [2.24, 2.45) is 0 Å². The molecule has 0 aliphatic carbocycles. The summed E-state index contributed by atoms with van der Waals surface area (Å²) in [5.41, 5.74) is -0.000662. The lowest BCUT2D eigenvalue weighted by Crippen LogP contribution is -2.45. The molecule has 1 amide bonds. The van der Waals surface area contributed by atoms with Crippen LogP contribution in [0.25, 0.3) is 0 Å². The minimum absolute atomic E-state index is 0.0917. The highest BCUT2D eigenvalue weighted by atomic mass is 35.5. The van der Waals surface area contributed by atoms with E-state index >= 15 is 0 Å². The standard InChI is InChI=1S/C12H10ClN3O4/c13-10-5-8(1-2-11(10)16(18)19)12(17)15-3-4-20-9(6-14)7-15/h1-2,5,9H,3-4,7H2. The number of hydrogen-bond donors (Lipinski definition) is 0. The number of ether oxygens (including phenoxy) is 1. The second kappa shape index (κ2) is 5.86. The lowest BCUT2D eigenvalue weighted by Gasteiger charge is -2.29. The van der Waals surface area contributed by atoms with Crippen LogP contribution in [-0.4, -0.2) is 41.5 Å². The Kier molecular flexibility index (Phi) is 4.17. The summed E-state index contributed by atoms with van der Waals surface area (Å²) < 4.78 is 5.15. The predicted molar refractivity (Wildman–Crippen MR) is 69.4 cm³/mol. The molecule has 7 nitrogen and oxygen atoms in total. The summed E-state index contributed by atoms with van der Waals surface area (Å²) in [5, 5.41) is 19.4. The molecular weight excluding hydrogens is 286 g/mol. The van der Waals surface area contributed by atoms with Gasteiger partial charge in [-0.2, -0.15) is 5.26 Å². The van der Waals surface area contributed by atoms with Crippen LogP contribution >= 0.6 is 11.6 Å². The summed E-state index contributed by atoms with van der Waals surface area (Å²) >= 11 is 5.77. The molecule has 1 fully saturated rings. The van der Waals surface area contributed by atoms with Crippen LogP contribution in [0.2, 0.25) is 5.02 Å². The highest BCUT2D eigenvalue weighted by Gasteiger charge is 2.25. The van der Waals surface area contributed by atoms with Gasteiger partial charge in [0.15, 0.2) is 6.10 Å². The third-order valence-corrected chi connectivity index (χ3v) is 3.19. The molecule has 0 spiro atoms. The molecule has 0 saturated carbocycles. The van der Waals surface area contributed by atoms with E-state index in [4.69, 9.17) is 21.6 Å². The van der Waals surface area contributed by atoms with Crippen LogP contribution in [0.5, 0.6) is 0 Å². The van der Waals surface area contributed by atoms with E-state index in [9.17, 15) is 14.9 Å². The van der Waals surface area contributed by atoms with Gasteiger partial charge in [-0.25, -0.2) is 0 Å². The molecule has 1 aliphatic heterocycles. The lowest BCUT2D eigenvalue weighted by atomic mass is 10.1. The maximum Gasteiger partial charge on any atom is 0.287 e. The topological polar surface area (TPSA) is 96.5 Å². The van der Waals surface area contributed by atoms with Gasteiger partial charge in [-0.3, -0.25) is 14.9 Å².